The van der Waals surface area contributed by atoms with Crippen molar-refractivity contribution >= 4 is 5.91 Å². The molecule has 0 spiro atoms. The smallest absolute Gasteiger partial charge is 0.258 e. The Kier molecular flexibility index (Phi) is 4.66. The summed E-state index contributed by atoms with van der Waals surface area (Å²) in [6.45, 7) is 3.48. The summed E-state index contributed by atoms with van der Waals surface area (Å²) in [5.41, 5.74) is 1.96. The molecule has 5 nitrogen and oxygen atoms in total. The molecule has 1 heterocycles. The normalized spacial score (nSPS) is 12.6. The van der Waals surface area contributed by atoms with Crippen LogP contribution in [0.25, 0.3) is 0 Å². The average Bonchev–Trinajstić information content (AvgIpc) is 2.59. The van der Waals surface area contributed by atoms with E-state index < -0.39 is 0 Å². The van der Waals surface area contributed by atoms with Crippen LogP contribution >= 0.6 is 0 Å². The summed E-state index contributed by atoms with van der Waals surface area (Å²) in [7, 11) is 0. The standard InChI is InChI=1S/C18H19NO4/c1-13-4-2-3-5-15(13)23-12-18(20)19-11-14-6-7-16-17(10-14)22-9-8-21-16/h2-7,10H,8-9,11-12H2,1H3,(H,19,20). The van der Waals surface area contributed by atoms with Crippen LogP contribution < -0.4 is 19.5 Å². The van der Waals surface area contributed by atoms with Gasteiger partial charge in [0.25, 0.3) is 5.91 Å². The number of amides is 1. The summed E-state index contributed by atoms with van der Waals surface area (Å²) in [4.78, 5) is 11.9. The van der Waals surface area contributed by atoms with Crippen LogP contribution in [-0.2, 0) is 11.3 Å². The van der Waals surface area contributed by atoms with E-state index in [1.165, 1.54) is 0 Å². The van der Waals surface area contributed by atoms with Gasteiger partial charge in [0.1, 0.15) is 19.0 Å². The fourth-order valence-corrected chi connectivity index (χ4v) is 2.31. The lowest BCUT2D eigenvalue weighted by molar-refractivity contribution is -0.123. The van der Waals surface area contributed by atoms with Gasteiger partial charge in [0, 0.05) is 6.54 Å². The van der Waals surface area contributed by atoms with Gasteiger partial charge in [-0.05, 0) is 36.2 Å². The molecule has 1 aliphatic heterocycles. The first kappa shape index (κ1) is 15.2. The second-order valence-electron chi connectivity index (χ2n) is 5.31. The number of rotatable bonds is 5. The van der Waals surface area contributed by atoms with E-state index in [0.717, 1.165) is 28.4 Å². The third-order valence-electron chi connectivity index (χ3n) is 3.55. The van der Waals surface area contributed by atoms with Crippen molar-refractivity contribution in [2.75, 3.05) is 19.8 Å². The molecule has 1 aliphatic rings. The number of hydrogen-bond acceptors (Lipinski definition) is 4. The summed E-state index contributed by atoms with van der Waals surface area (Å²) >= 11 is 0. The van der Waals surface area contributed by atoms with Crippen molar-refractivity contribution in [3.8, 4) is 17.2 Å². The molecule has 0 atom stereocenters. The van der Waals surface area contributed by atoms with Gasteiger partial charge in [0.15, 0.2) is 18.1 Å². The predicted molar refractivity (Wildman–Crippen MR) is 86.0 cm³/mol. The summed E-state index contributed by atoms with van der Waals surface area (Å²) in [6.07, 6.45) is 0. The topological polar surface area (TPSA) is 56.8 Å². The Balaban J connectivity index is 1.50. The first-order valence-corrected chi connectivity index (χ1v) is 7.56. The van der Waals surface area contributed by atoms with Crippen molar-refractivity contribution < 1.29 is 19.0 Å². The van der Waals surface area contributed by atoms with Crippen molar-refractivity contribution in [3.63, 3.8) is 0 Å². The van der Waals surface area contributed by atoms with Crippen LogP contribution in [0.4, 0.5) is 0 Å². The summed E-state index contributed by atoms with van der Waals surface area (Å²) in [5.74, 6) is 2.03. The average molecular weight is 313 g/mol. The van der Waals surface area contributed by atoms with Crippen LogP contribution in [-0.4, -0.2) is 25.7 Å². The lowest BCUT2D eigenvalue weighted by atomic mass is 10.2. The monoisotopic (exact) mass is 313 g/mol. The zero-order chi connectivity index (χ0) is 16.1. The van der Waals surface area contributed by atoms with Crippen molar-refractivity contribution in [2.45, 2.75) is 13.5 Å². The van der Waals surface area contributed by atoms with E-state index in [0.29, 0.717) is 19.8 Å². The fraction of sp³-hybridized carbons (Fsp3) is 0.278. The van der Waals surface area contributed by atoms with Crippen LogP contribution in [0.2, 0.25) is 0 Å². The zero-order valence-corrected chi connectivity index (χ0v) is 13.0. The largest absolute Gasteiger partial charge is 0.486 e. The highest BCUT2D eigenvalue weighted by atomic mass is 16.6. The van der Waals surface area contributed by atoms with E-state index >= 15 is 0 Å². The number of hydrogen-bond donors (Lipinski definition) is 1. The Morgan fingerprint density at radius 3 is 2.74 bits per heavy atom. The zero-order valence-electron chi connectivity index (χ0n) is 13.0. The molecule has 0 saturated carbocycles. The summed E-state index contributed by atoms with van der Waals surface area (Å²) in [5, 5.41) is 2.84. The lowest BCUT2D eigenvalue weighted by Crippen LogP contribution is -2.28. The number of aryl methyl sites for hydroxylation is 1. The number of carbonyl (C=O) groups excluding carboxylic acids is 1. The Morgan fingerprint density at radius 2 is 1.91 bits per heavy atom. The van der Waals surface area contributed by atoms with E-state index in [1.807, 2.05) is 49.4 Å². The first-order chi connectivity index (χ1) is 11.2. The van der Waals surface area contributed by atoms with Crippen molar-refractivity contribution in [1.82, 2.24) is 5.32 Å². The Hall–Kier alpha value is -2.69. The van der Waals surface area contributed by atoms with Gasteiger partial charge in [-0.3, -0.25) is 4.79 Å². The maximum Gasteiger partial charge on any atom is 0.258 e. The minimum absolute atomic E-state index is 0.00456. The number of nitrogens with one attached hydrogen (secondary N) is 1. The van der Waals surface area contributed by atoms with Gasteiger partial charge in [0.05, 0.1) is 0 Å². The molecule has 3 rings (SSSR count). The summed E-state index contributed by atoms with van der Waals surface area (Å²) in [6, 6.07) is 13.3. The van der Waals surface area contributed by atoms with E-state index in [1.54, 1.807) is 0 Å². The molecular weight excluding hydrogens is 294 g/mol. The number of para-hydroxylation sites is 1. The predicted octanol–water partition coefficient (Wildman–Crippen LogP) is 2.46. The molecule has 5 heteroatoms. The lowest BCUT2D eigenvalue weighted by Gasteiger charge is -2.19. The molecule has 1 amide bonds. The highest BCUT2D eigenvalue weighted by Crippen LogP contribution is 2.30. The van der Waals surface area contributed by atoms with Crippen molar-refractivity contribution in [1.29, 1.82) is 0 Å². The van der Waals surface area contributed by atoms with E-state index in [9.17, 15) is 4.79 Å². The van der Waals surface area contributed by atoms with Gasteiger partial charge in [-0.25, -0.2) is 0 Å². The number of benzene rings is 2. The molecule has 0 radical (unpaired) electrons. The van der Waals surface area contributed by atoms with Crippen LogP contribution in [0.5, 0.6) is 17.2 Å². The molecule has 0 bridgehead atoms. The third-order valence-corrected chi connectivity index (χ3v) is 3.55. The first-order valence-electron chi connectivity index (χ1n) is 7.56. The molecule has 0 unspecified atom stereocenters. The molecule has 23 heavy (non-hydrogen) atoms. The van der Waals surface area contributed by atoms with Gasteiger partial charge < -0.3 is 19.5 Å². The molecule has 0 aromatic heterocycles. The summed E-state index contributed by atoms with van der Waals surface area (Å²) < 4.78 is 16.5. The molecule has 0 aliphatic carbocycles. The van der Waals surface area contributed by atoms with E-state index in [2.05, 4.69) is 5.32 Å². The molecule has 0 fully saturated rings. The Bertz CT molecular complexity index is 699. The SMILES string of the molecule is Cc1ccccc1OCC(=O)NCc1ccc2c(c1)OCCO2. The maximum atomic E-state index is 11.9. The van der Waals surface area contributed by atoms with Gasteiger partial charge in [-0.2, -0.15) is 0 Å². The minimum atomic E-state index is -0.164. The number of fused-ring (bicyclic) bond motifs is 1. The van der Waals surface area contributed by atoms with E-state index in [4.69, 9.17) is 14.2 Å². The maximum absolute atomic E-state index is 11.9. The van der Waals surface area contributed by atoms with Gasteiger partial charge in [0.2, 0.25) is 0 Å². The van der Waals surface area contributed by atoms with Gasteiger partial charge in [-0.15, -0.1) is 0 Å². The number of ether oxygens (including phenoxy) is 3. The number of carbonyl (C=O) groups is 1. The molecule has 120 valence electrons. The highest BCUT2D eigenvalue weighted by molar-refractivity contribution is 5.77. The quantitative estimate of drug-likeness (QED) is 0.921. The molecule has 1 N–H and O–H groups in total. The van der Waals surface area contributed by atoms with Crippen molar-refractivity contribution in [2.24, 2.45) is 0 Å². The van der Waals surface area contributed by atoms with E-state index in [-0.39, 0.29) is 12.5 Å². The molecule has 2 aromatic rings. The van der Waals surface area contributed by atoms with Crippen molar-refractivity contribution in [3.05, 3.63) is 53.6 Å². The van der Waals surface area contributed by atoms with Crippen LogP contribution in [0, 0.1) is 6.92 Å². The molecular formula is C18H19NO4. The van der Waals surface area contributed by atoms with Crippen LogP contribution in [0.1, 0.15) is 11.1 Å². The van der Waals surface area contributed by atoms with Crippen LogP contribution in [0.3, 0.4) is 0 Å². The highest BCUT2D eigenvalue weighted by Gasteiger charge is 2.12. The second kappa shape index (κ2) is 7.05. The van der Waals surface area contributed by atoms with Gasteiger partial charge in [-0.1, -0.05) is 24.3 Å². The second-order valence-corrected chi connectivity index (χ2v) is 5.31. The Morgan fingerprint density at radius 1 is 1.13 bits per heavy atom. The Labute approximate surface area is 135 Å². The third kappa shape index (κ3) is 3.94. The molecule has 0 saturated heterocycles. The van der Waals surface area contributed by atoms with Crippen LogP contribution in [0.15, 0.2) is 42.5 Å². The fourth-order valence-electron chi connectivity index (χ4n) is 2.31. The molecule has 2 aromatic carbocycles. The van der Waals surface area contributed by atoms with Gasteiger partial charge >= 0.3 is 0 Å². The minimum Gasteiger partial charge on any atom is -0.486 e.